The first-order valence-corrected chi connectivity index (χ1v) is 13.2. The van der Waals surface area contributed by atoms with Gasteiger partial charge in [0.1, 0.15) is 7.05 Å². The van der Waals surface area contributed by atoms with Crippen molar-refractivity contribution in [3.8, 4) is 22.4 Å². The molecule has 1 saturated carbocycles. The highest BCUT2D eigenvalue weighted by Gasteiger charge is 2.28. The zero-order valence-corrected chi connectivity index (χ0v) is 22.5. The van der Waals surface area contributed by atoms with Gasteiger partial charge in [-0.2, -0.15) is 4.57 Å². The van der Waals surface area contributed by atoms with Crippen LogP contribution < -0.4 is 4.57 Å². The minimum absolute atomic E-state index is 0.464. The van der Waals surface area contributed by atoms with Crippen molar-refractivity contribution in [2.45, 2.75) is 73.1 Å². The molecule has 35 heavy (non-hydrogen) atoms. The van der Waals surface area contributed by atoms with Crippen LogP contribution in [0.2, 0.25) is 0 Å². The van der Waals surface area contributed by atoms with Crippen molar-refractivity contribution in [2.24, 2.45) is 12.5 Å². The highest BCUT2D eigenvalue weighted by Crippen LogP contribution is 2.43. The molecule has 1 heterocycles. The summed E-state index contributed by atoms with van der Waals surface area (Å²) in [6, 6.07) is 21.0. The first-order chi connectivity index (χ1) is 17.1. The smallest absolute Gasteiger partial charge is 0.198 e. The molecule has 180 valence electrons. The van der Waals surface area contributed by atoms with Crippen LogP contribution in [0.1, 0.15) is 74.8 Å². The van der Waals surface area contributed by atoms with Crippen molar-refractivity contribution in [1.82, 2.24) is 0 Å². The van der Waals surface area contributed by atoms with Crippen molar-refractivity contribution in [3.05, 3.63) is 88.6 Å². The summed E-state index contributed by atoms with van der Waals surface area (Å²) < 4.78 is 11.2. The van der Waals surface area contributed by atoms with Crippen LogP contribution in [0, 0.1) is 33.1 Å². The van der Waals surface area contributed by atoms with Crippen LogP contribution in [-0.2, 0) is 7.05 Å². The van der Waals surface area contributed by atoms with E-state index in [0.717, 1.165) is 11.1 Å². The quantitative estimate of drug-likeness (QED) is 0.267. The largest absolute Gasteiger partial charge is 0.220 e. The number of benzene rings is 3. The first kappa shape index (κ1) is 22.5. The van der Waals surface area contributed by atoms with Crippen molar-refractivity contribution in [3.63, 3.8) is 0 Å². The standard InChI is InChI=1S/C34H40N/c1-22-9-8-10-23(2)32(22)28-12-13-30(24(3)19-28)33-31-14-11-27(21-29(31)20-25(4)35(33)7)26-15-17-34(5,6)18-16-26/h8-14,19-21,26H,15-18H2,1-7H3/q+1/i20D. The molecule has 3 aromatic carbocycles. The van der Waals surface area contributed by atoms with Gasteiger partial charge in [-0.15, -0.1) is 0 Å². The number of hydrogen-bond donors (Lipinski definition) is 0. The molecule has 0 spiro atoms. The maximum atomic E-state index is 8.99. The molecule has 0 bridgehead atoms. The van der Waals surface area contributed by atoms with E-state index >= 15 is 0 Å². The van der Waals surface area contributed by atoms with Gasteiger partial charge in [0.15, 0.2) is 5.69 Å². The third-order valence-electron chi connectivity index (χ3n) is 8.51. The molecule has 0 saturated heterocycles. The van der Waals surface area contributed by atoms with Crippen molar-refractivity contribution >= 4 is 10.8 Å². The predicted octanol–water partition coefficient (Wildman–Crippen LogP) is 8.92. The molecule has 1 aliphatic rings. The molecule has 0 aliphatic heterocycles. The Hall–Kier alpha value is -2.93. The van der Waals surface area contributed by atoms with Gasteiger partial charge in [0.2, 0.25) is 5.69 Å². The Balaban J connectivity index is 1.63. The van der Waals surface area contributed by atoms with Crippen LogP contribution in [0.3, 0.4) is 0 Å². The van der Waals surface area contributed by atoms with Gasteiger partial charge >= 0.3 is 0 Å². The van der Waals surface area contributed by atoms with E-state index in [9.17, 15) is 0 Å². The summed E-state index contributed by atoms with van der Waals surface area (Å²) in [6.07, 6.45) is 5.06. The molecule has 1 heteroatoms. The van der Waals surface area contributed by atoms with E-state index in [1.54, 1.807) is 0 Å². The Kier molecular flexibility index (Phi) is 5.75. The van der Waals surface area contributed by atoms with E-state index in [1.807, 2.05) is 0 Å². The van der Waals surface area contributed by atoms with Gasteiger partial charge in [-0.05, 0) is 109 Å². The number of fused-ring (bicyclic) bond motifs is 1. The average molecular weight is 464 g/mol. The fourth-order valence-electron chi connectivity index (χ4n) is 6.17. The molecular formula is C34H40N+. The summed E-state index contributed by atoms with van der Waals surface area (Å²) in [6.45, 7) is 13.5. The second-order valence-corrected chi connectivity index (χ2v) is 11.7. The van der Waals surface area contributed by atoms with Crippen LogP contribution in [0.15, 0.2) is 60.6 Å². The fourth-order valence-corrected chi connectivity index (χ4v) is 6.17. The SMILES string of the molecule is [2H]c1c(C)[n+](C)c(-c2ccc(-c3c(C)cccc3C)cc2C)c2ccc(C3CCC(C)(C)CC3)cc12. The Morgan fingerprint density at radius 2 is 1.54 bits per heavy atom. The molecule has 1 aromatic heterocycles. The van der Waals surface area contributed by atoms with E-state index in [-0.39, 0.29) is 0 Å². The number of rotatable bonds is 3. The third-order valence-corrected chi connectivity index (χ3v) is 8.51. The molecule has 0 atom stereocenters. The Morgan fingerprint density at radius 1 is 0.857 bits per heavy atom. The molecule has 4 aromatic rings. The minimum Gasteiger partial charge on any atom is -0.198 e. The molecule has 0 radical (unpaired) electrons. The Bertz CT molecular complexity index is 1450. The van der Waals surface area contributed by atoms with Gasteiger partial charge in [-0.3, -0.25) is 0 Å². The third kappa shape index (κ3) is 4.42. The molecule has 0 unspecified atom stereocenters. The second kappa shape index (κ2) is 8.94. The minimum atomic E-state index is 0.464. The van der Waals surface area contributed by atoms with Crippen molar-refractivity contribution in [1.29, 1.82) is 0 Å². The number of aromatic nitrogens is 1. The van der Waals surface area contributed by atoms with Crippen LogP contribution in [-0.4, -0.2) is 0 Å². The van der Waals surface area contributed by atoms with E-state index < -0.39 is 0 Å². The molecule has 1 fully saturated rings. The molecule has 1 nitrogen and oxygen atoms in total. The molecule has 5 rings (SSSR count). The monoisotopic (exact) mass is 463 g/mol. The van der Waals surface area contributed by atoms with Crippen LogP contribution >= 0.6 is 0 Å². The molecule has 0 amide bonds. The van der Waals surface area contributed by atoms with Gasteiger partial charge in [0, 0.05) is 18.5 Å². The lowest BCUT2D eigenvalue weighted by Crippen LogP contribution is -2.35. The first-order valence-electron chi connectivity index (χ1n) is 13.7. The summed E-state index contributed by atoms with van der Waals surface area (Å²) in [4.78, 5) is 0. The maximum Gasteiger partial charge on any atom is 0.220 e. The summed E-state index contributed by atoms with van der Waals surface area (Å²) in [7, 11) is 2.11. The maximum absolute atomic E-state index is 8.99. The van der Waals surface area contributed by atoms with Gasteiger partial charge in [0.05, 0.1) is 6.76 Å². The number of nitrogens with zero attached hydrogens (tertiary/aromatic N) is 1. The lowest BCUT2D eigenvalue weighted by Gasteiger charge is -2.34. The summed E-state index contributed by atoms with van der Waals surface area (Å²) in [5.41, 5.74) is 11.8. The Labute approximate surface area is 213 Å². The fraction of sp³-hybridized carbons (Fsp3) is 0.382. The average Bonchev–Trinajstić information content (AvgIpc) is 2.84. The molecular weight excluding hydrogens is 422 g/mol. The topological polar surface area (TPSA) is 3.88 Å². The zero-order chi connectivity index (χ0) is 25.8. The van der Waals surface area contributed by atoms with Crippen molar-refractivity contribution in [2.75, 3.05) is 0 Å². The van der Waals surface area contributed by atoms with Crippen LogP contribution in [0.4, 0.5) is 0 Å². The number of aryl methyl sites for hydroxylation is 3. The summed E-state index contributed by atoms with van der Waals surface area (Å²) in [5.74, 6) is 0.609. The molecule has 0 N–H and O–H groups in total. The number of pyridine rings is 1. The highest BCUT2D eigenvalue weighted by atomic mass is 14.9. The summed E-state index contributed by atoms with van der Waals surface area (Å²) in [5, 5.41) is 2.26. The van der Waals surface area contributed by atoms with Gasteiger partial charge in [-0.25, -0.2) is 0 Å². The van der Waals surface area contributed by atoms with E-state index in [4.69, 9.17) is 1.37 Å². The lowest BCUT2D eigenvalue weighted by atomic mass is 9.71. The number of hydrogen-bond acceptors (Lipinski definition) is 0. The van der Waals surface area contributed by atoms with Crippen LogP contribution in [0.25, 0.3) is 33.2 Å². The van der Waals surface area contributed by atoms with E-state index in [1.165, 1.54) is 75.7 Å². The van der Waals surface area contributed by atoms with E-state index in [0.29, 0.717) is 17.4 Å². The second-order valence-electron chi connectivity index (χ2n) is 11.7. The van der Waals surface area contributed by atoms with E-state index in [2.05, 4.69) is 108 Å². The van der Waals surface area contributed by atoms with Gasteiger partial charge in [0.25, 0.3) is 0 Å². The van der Waals surface area contributed by atoms with Gasteiger partial charge < -0.3 is 0 Å². The lowest BCUT2D eigenvalue weighted by molar-refractivity contribution is -0.665. The Morgan fingerprint density at radius 3 is 2.20 bits per heavy atom. The zero-order valence-electron chi connectivity index (χ0n) is 23.5. The highest BCUT2D eigenvalue weighted by molar-refractivity contribution is 5.94. The predicted molar refractivity (Wildman–Crippen MR) is 150 cm³/mol. The van der Waals surface area contributed by atoms with Crippen LogP contribution in [0.5, 0.6) is 0 Å². The summed E-state index contributed by atoms with van der Waals surface area (Å²) >= 11 is 0. The molecule has 1 aliphatic carbocycles. The van der Waals surface area contributed by atoms with Gasteiger partial charge in [-0.1, -0.05) is 56.3 Å². The van der Waals surface area contributed by atoms with Crippen molar-refractivity contribution < 1.29 is 5.94 Å². The normalized spacial score (nSPS) is 16.5.